The molecule has 0 aliphatic carbocycles. The minimum Gasteiger partial charge on any atom is -0.360 e. The van der Waals surface area contributed by atoms with E-state index in [2.05, 4.69) is 15.5 Å². The van der Waals surface area contributed by atoms with Gasteiger partial charge in [-0.3, -0.25) is 9.36 Å². The highest BCUT2D eigenvalue weighted by atomic mass is 16.5. The fourth-order valence-electron chi connectivity index (χ4n) is 3.13. The Bertz CT molecular complexity index is 1090. The quantitative estimate of drug-likeness (QED) is 0.599. The fraction of sp³-hybridized carbons (Fsp3) is 0.150. The van der Waals surface area contributed by atoms with Crippen LogP contribution in [0, 0.1) is 20.8 Å². The van der Waals surface area contributed by atoms with E-state index in [1.165, 1.54) is 0 Å². The van der Waals surface area contributed by atoms with E-state index < -0.39 is 0 Å². The van der Waals surface area contributed by atoms with Crippen molar-refractivity contribution in [3.63, 3.8) is 0 Å². The van der Waals surface area contributed by atoms with Crippen LogP contribution in [0.3, 0.4) is 0 Å². The molecule has 0 aliphatic heterocycles. The molecule has 3 heterocycles. The van der Waals surface area contributed by atoms with Crippen molar-refractivity contribution in [3.05, 3.63) is 77.8 Å². The van der Waals surface area contributed by atoms with Crippen LogP contribution in [0.25, 0.3) is 11.5 Å². The van der Waals surface area contributed by atoms with Gasteiger partial charge in [0.25, 0.3) is 5.91 Å². The summed E-state index contributed by atoms with van der Waals surface area (Å²) in [6, 6.07) is 11.3. The van der Waals surface area contributed by atoms with Crippen LogP contribution in [0.15, 0.2) is 59.6 Å². The van der Waals surface area contributed by atoms with Crippen molar-refractivity contribution in [3.8, 4) is 11.5 Å². The number of carbonyl (C=O) groups excluding carboxylic acids is 1. The van der Waals surface area contributed by atoms with Crippen molar-refractivity contribution in [1.82, 2.24) is 19.3 Å². The molecule has 0 bridgehead atoms. The molecule has 0 unspecified atom stereocenters. The molecule has 1 aromatic carbocycles. The van der Waals surface area contributed by atoms with Gasteiger partial charge in [0.2, 0.25) is 0 Å². The van der Waals surface area contributed by atoms with Gasteiger partial charge in [-0.25, -0.2) is 4.98 Å². The maximum Gasteiger partial charge on any atom is 0.257 e. The standard InChI is InChI=1S/C20H19N5O2/c1-13-10-18(15(3)25(13)19-11-14(2)27-23-19)20(26)22-16-4-6-17(7-5-16)24-9-8-21-12-24/h4-12H,1-3H3,(H,22,26). The average Bonchev–Trinajstić information content (AvgIpc) is 3.37. The molecule has 0 fully saturated rings. The predicted molar refractivity (Wildman–Crippen MR) is 102 cm³/mol. The molecule has 1 amide bonds. The van der Waals surface area contributed by atoms with E-state index in [-0.39, 0.29) is 5.91 Å². The zero-order valence-electron chi connectivity index (χ0n) is 15.3. The normalized spacial score (nSPS) is 10.9. The number of rotatable bonds is 4. The largest absolute Gasteiger partial charge is 0.360 e. The molecule has 4 rings (SSSR count). The molecule has 7 nitrogen and oxygen atoms in total. The number of benzene rings is 1. The number of nitrogens with zero attached hydrogens (tertiary/aromatic N) is 4. The number of hydrogen-bond acceptors (Lipinski definition) is 4. The Balaban J connectivity index is 1.57. The minimum atomic E-state index is -0.162. The van der Waals surface area contributed by atoms with Crippen molar-refractivity contribution >= 4 is 11.6 Å². The number of aromatic nitrogens is 4. The summed E-state index contributed by atoms with van der Waals surface area (Å²) in [5.74, 6) is 1.23. The molecule has 7 heteroatoms. The minimum absolute atomic E-state index is 0.162. The number of anilines is 1. The number of hydrogen-bond donors (Lipinski definition) is 1. The maximum absolute atomic E-state index is 12.8. The number of amides is 1. The molecule has 0 aliphatic rings. The lowest BCUT2D eigenvalue weighted by Gasteiger charge is -2.08. The highest BCUT2D eigenvalue weighted by Crippen LogP contribution is 2.22. The second kappa shape index (κ2) is 6.60. The smallest absolute Gasteiger partial charge is 0.257 e. The van der Waals surface area contributed by atoms with E-state index in [1.807, 2.05) is 72.5 Å². The Morgan fingerprint density at radius 3 is 2.52 bits per heavy atom. The van der Waals surface area contributed by atoms with Crippen molar-refractivity contribution in [2.75, 3.05) is 5.32 Å². The molecule has 0 saturated carbocycles. The molecule has 0 radical (unpaired) electrons. The lowest BCUT2D eigenvalue weighted by molar-refractivity contribution is 0.102. The summed E-state index contributed by atoms with van der Waals surface area (Å²) in [5, 5.41) is 7.00. The first-order valence-corrected chi connectivity index (χ1v) is 8.55. The zero-order chi connectivity index (χ0) is 19.0. The second-order valence-corrected chi connectivity index (χ2v) is 6.39. The van der Waals surface area contributed by atoms with Crippen LogP contribution in [-0.4, -0.2) is 25.2 Å². The highest BCUT2D eigenvalue weighted by Gasteiger charge is 2.18. The van der Waals surface area contributed by atoms with Gasteiger partial charge in [-0.05, 0) is 51.1 Å². The van der Waals surface area contributed by atoms with Gasteiger partial charge >= 0.3 is 0 Å². The van der Waals surface area contributed by atoms with Gasteiger partial charge in [-0.15, -0.1) is 0 Å². The molecular formula is C20H19N5O2. The first kappa shape index (κ1) is 16.8. The van der Waals surface area contributed by atoms with Crippen LogP contribution in [-0.2, 0) is 0 Å². The Morgan fingerprint density at radius 2 is 1.89 bits per heavy atom. The Labute approximate surface area is 156 Å². The number of imidazole rings is 1. The Morgan fingerprint density at radius 1 is 1.11 bits per heavy atom. The van der Waals surface area contributed by atoms with E-state index in [9.17, 15) is 4.79 Å². The first-order valence-electron chi connectivity index (χ1n) is 8.55. The molecule has 0 saturated heterocycles. The molecule has 1 N–H and O–H groups in total. The molecule has 0 atom stereocenters. The number of carbonyl (C=O) groups is 1. The number of aryl methyl sites for hydroxylation is 2. The summed E-state index contributed by atoms with van der Waals surface area (Å²) in [6.07, 6.45) is 5.32. The van der Waals surface area contributed by atoms with Crippen molar-refractivity contribution in [1.29, 1.82) is 0 Å². The van der Waals surface area contributed by atoms with Gasteiger partial charge in [-0.2, -0.15) is 0 Å². The van der Waals surface area contributed by atoms with Crippen molar-refractivity contribution in [2.45, 2.75) is 20.8 Å². The SMILES string of the molecule is Cc1cc(-n2c(C)cc(C(=O)Nc3ccc(-n4ccnc4)cc3)c2C)no1. The van der Waals surface area contributed by atoms with Gasteiger partial charge < -0.3 is 14.4 Å². The van der Waals surface area contributed by atoms with E-state index in [1.54, 1.807) is 12.5 Å². The summed E-state index contributed by atoms with van der Waals surface area (Å²) in [4.78, 5) is 16.8. The van der Waals surface area contributed by atoms with E-state index in [0.29, 0.717) is 11.4 Å². The fourth-order valence-corrected chi connectivity index (χ4v) is 3.13. The number of nitrogens with one attached hydrogen (secondary N) is 1. The monoisotopic (exact) mass is 361 g/mol. The predicted octanol–water partition coefficient (Wildman–Crippen LogP) is 3.83. The van der Waals surface area contributed by atoms with Crippen LogP contribution in [0.1, 0.15) is 27.5 Å². The van der Waals surface area contributed by atoms with Gasteiger partial charge in [0, 0.05) is 41.2 Å². The van der Waals surface area contributed by atoms with Crippen molar-refractivity contribution < 1.29 is 9.32 Å². The topological polar surface area (TPSA) is 77.9 Å². The summed E-state index contributed by atoms with van der Waals surface area (Å²) < 4.78 is 8.97. The molecule has 3 aromatic heterocycles. The highest BCUT2D eigenvalue weighted by molar-refractivity contribution is 6.05. The van der Waals surface area contributed by atoms with Crippen LogP contribution < -0.4 is 5.32 Å². The van der Waals surface area contributed by atoms with Crippen LogP contribution in [0.4, 0.5) is 5.69 Å². The third-order valence-electron chi connectivity index (χ3n) is 4.45. The zero-order valence-corrected chi connectivity index (χ0v) is 15.3. The van der Waals surface area contributed by atoms with E-state index in [4.69, 9.17) is 4.52 Å². The lowest BCUT2D eigenvalue weighted by Crippen LogP contribution is -2.13. The third-order valence-corrected chi connectivity index (χ3v) is 4.45. The third kappa shape index (κ3) is 3.15. The molecule has 27 heavy (non-hydrogen) atoms. The summed E-state index contributed by atoms with van der Waals surface area (Å²) in [5.41, 5.74) is 4.04. The van der Waals surface area contributed by atoms with Crippen LogP contribution in [0.5, 0.6) is 0 Å². The second-order valence-electron chi connectivity index (χ2n) is 6.39. The van der Waals surface area contributed by atoms with E-state index in [0.717, 1.165) is 28.5 Å². The van der Waals surface area contributed by atoms with Crippen LogP contribution >= 0.6 is 0 Å². The average molecular weight is 361 g/mol. The summed E-state index contributed by atoms with van der Waals surface area (Å²) >= 11 is 0. The molecule has 0 spiro atoms. The van der Waals surface area contributed by atoms with Crippen LogP contribution in [0.2, 0.25) is 0 Å². The Kier molecular flexibility index (Phi) is 4.12. The summed E-state index contributed by atoms with van der Waals surface area (Å²) in [6.45, 7) is 5.67. The lowest BCUT2D eigenvalue weighted by atomic mass is 10.2. The molecule has 4 aromatic rings. The van der Waals surface area contributed by atoms with Gasteiger partial charge in [0.05, 0.1) is 11.9 Å². The molecular weight excluding hydrogens is 342 g/mol. The summed E-state index contributed by atoms with van der Waals surface area (Å²) in [7, 11) is 0. The van der Waals surface area contributed by atoms with E-state index >= 15 is 0 Å². The van der Waals surface area contributed by atoms with Crippen molar-refractivity contribution in [2.24, 2.45) is 0 Å². The Hall–Kier alpha value is -3.61. The maximum atomic E-state index is 12.8. The van der Waals surface area contributed by atoms with Gasteiger partial charge in [-0.1, -0.05) is 5.16 Å². The molecule has 136 valence electrons. The first-order chi connectivity index (χ1) is 13.0. The van der Waals surface area contributed by atoms with Gasteiger partial charge in [0.15, 0.2) is 5.82 Å². The van der Waals surface area contributed by atoms with Gasteiger partial charge in [0.1, 0.15) is 5.76 Å².